The van der Waals surface area contributed by atoms with Gasteiger partial charge < -0.3 is 5.11 Å². The average molecular weight is 473 g/mol. The first-order chi connectivity index (χ1) is 16.2. The molecular formula is C24H13F6N3O. The second kappa shape index (κ2) is 8.14. The SMILES string of the molecule is OC1CC(c2ccc(F)cc2F)=Nc2nc(-c3ccc(F)cc3F)c(-c3ccc(F)cc3F)n21. The summed E-state index contributed by atoms with van der Waals surface area (Å²) in [4.78, 5) is 8.46. The van der Waals surface area contributed by atoms with Gasteiger partial charge in [0.25, 0.3) is 0 Å². The predicted octanol–water partition coefficient (Wildman–Crippen LogP) is 6.07. The Morgan fingerprint density at radius 2 is 1.21 bits per heavy atom. The summed E-state index contributed by atoms with van der Waals surface area (Å²) < 4.78 is 85.2. The Labute approximate surface area is 188 Å². The van der Waals surface area contributed by atoms with E-state index in [1.165, 1.54) is 0 Å². The van der Waals surface area contributed by atoms with Crippen molar-refractivity contribution in [1.82, 2.24) is 9.55 Å². The molecule has 1 unspecified atom stereocenters. The van der Waals surface area contributed by atoms with E-state index in [1.807, 2.05) is 0 Å². The molecule has 1 N–H and O–H groups in total. The normalized spacial score (nSPS) is 15.3. The van der Waals surface area contributed by atoms with Crippen LogP contribution in [0.1, 0.15) is 18.2 Å². The first-order valence-corrected chi connectivity index (χ1v) is 9.97. The molecule has 34 heavy (non-hydrogen) atoms. The highest BCUT2D eigenvalue weighted by Gasteiger charge is 2.32. The second-order valence-corrected chi connectivity index (χ2v) is 7.59. The van der Waals surface area contributed by atoms with E-state index in [0.29, 0.717) is 18.2 Å². The highest BCUT2D eigenvalue weighted by Crippen LogP contribution is 2.42. The summed E-state index contributed by atoms with van der Waals surface area (Å²) in [6.45, 7) is 0. The fourth-order valence-corrected chi connectivity index (χ4v) is 3.91. The minimum atomic E-state index is -1.46. The highest BCUT2D eigenvalue weighted by atomic mass is 19.2. The fraction of sp³-hybridized carbons (Fsp3) is 0.0833. The monoisotopic (exact) mass is 473 g/mol. The number of rotatable bonds is 3. The molecule has 0 bridgehead atoms. The number of fused-ring (bicyclic) bond motifs is 1. The molecule has 0 aliphatic carbocycles. The van der Waals surface area contributed by atoms with E-state index in [4.69, 9.17) is 0 Å². The van der Waals surface area contributed by atoms with Crippen LogP contribution in [0, 0.1) is 34.9 Å². The molecule has 1 aromatic heterocycles. The summed E-state index contributed by atoms with van der Waals surface area (Å²) in [5.74, 6) is -5.69. The van der Waals surface area contributed by atoms with Crippen molar-refractivity contribution >= 4 is 11.7 Å². The van der Waals surface area contributed by atoms with Gasteiger partial charge in [-0.1, -0.05) is 0 Å². The van der Waals surface area contributed by atoms with E-state index in [9.17, 15) is 31.4 Å². The molecule has 0 amide bonds. The molecule has 0 saturated heterocycles. The van der Waals surface area contributed by atoms with Crippen LogP contribution in [0.2, 0.25) is 0 Å². The maximum atomic E-state index is 14.8. The fourth-order valence-electron chi connectivity index (χ4n) is 3.91. The van der Waals surface area contributed by atoms with Crippen molar-refractivity contribution in [2.45, 2.75) is 12.6 Å². The van der Waals surface area contributed by atoms with Gasteiger partial charge in [0.2, 0.25) is 5.95 Å². The van der Waals surface area contributed by atoms with Crippen LogP contribution in [0.3, 0.4) is 0 Å². The molecule has 4 nitrogen and oxygen atoms in total. The number of aliphatic imine (C=N–C) groups is 1. The topological polar surface area (TPSA) is 50.4 Å². The summed E-state index contributed by atoms with van der Waals surface area (Å²) in [5, 5.41) is 10.9. The van der Waals surface area contributed by atoms with Gasteiger partial charge in [-0.3, -0.25) is 4.57 Å². The molecule has 0 fully saturated rings. The van der Waals surface area contributed by atoms with Gasteiger partial charge in [-0.2, -0.15) is 0 Å². The smallest absolute Gasteiger partial charge is 0.233 e. The third-order valence-electron chi connectivity index (χ3n) is 5.42. The van der Waals surface area contributed by atoms with E-state index < -0.39 is 41.1 Å². The van der Waals surface area contributed by atoms with E-state index in [1.54, 1.807) is 0 Å². The molecular weight excluding hydrogens is 460 g/mol. The number of aliphatic hydroxyl groups excluding tert-OH is 1. The van der Waals surface area contributed by atoms with Gasteiger partial charge in [-0.05, 0) is 36.4 Å². The van der Waals surface area contributed by atoms with Crippen LogP contribution in [-0.2, 0) is 0 Å². The molecule has 2 heterocycles. The van der Waals surface area contributed by atoms with Crippen LogP contribution in [0.15, 0.2) is 59.6 Å². The van der Waals surface area contributed by atoms with Crippen LogP contribution in [0.5, 0.6) is 0 Å². The third-order valence-corrected chi connectivity index (χ3v) is 5.42. The van der Waals surface area contributed by atoms with E-state index >= 15 is 0 Å². The Morgan fingerprint density at radius 1 is 0.706 bits per heavy atom. The van der Waals surface area contributed by atoms with Gasteiger partial charge in [-0.25, -0.2) is 36.3 Å². The minimum Gasteiger partial charge on any atom is -0.373 e. The lowest BCUT2D eigenvalue weighted by molar-refractivity contribution is 0.113. The zero-order valence-electron chi connectivity index (χ0n) is 17.0. The van der Waals surface area contributed by atoms with E-state index in [0.717, 1.165) is 41.0 Å². The van der Waals surface area contributed by atoms with Crippen molar-refractivity contribution in [3.8, 4) is 22.5 Å². The van der Waals surface area contributed by atoms with Crippen LogP contribution in [0.4, 0.5) is 32.3 Å². The lowest BCUT2D eigenvalue weighted by Gasteiger charge is -2.23. The quantitative estimate of drug-likeness (QED) is 0.368. The zero-order chi connectivity index (χ0) is 24.1. The van der Waals surface area contributed by atoms with Crippen molar-refractivity contribution in [1.29, 1.82) is 0 Å². The van der Waals surface area contributed by atoms with Crippen molar-refractivity contribution in [3.63, 3.8) is 0 Å². The number of hydrogen-bond acceptors (Lipinski definition) is 3. The van der Waals surface area contributed by atoms with E-state index in [-0.39, 0.29) is 46.2 Å². The molecule has 1 aliphatic heterocycles. The Bertz CT molecular complexity index is 1480. The molecule has 4 aromatic rings. The molecule has 172 valence electrons. The Balaban J connectivity index is 1.78. The summed E-state index contributed by atoms with van der Waals surface area (Å²) in [5.41, 5.74) is -0.823. The van der Waals surface area contributed by atoms with Crippen molar-refractivity contribution in [2.75, 3.05) is 0 Å². The second-order valence-electron chi connectivity index (χ2n) is 7.59. The molecule has 1 atom stereocenters. The van der Waals surface area contributed by atoms with Gasteiger partial charge in [0.1, 0.15) is 46.8 Å². The summed E-state index contributed by atoms with van der Waals surface area (Å²) >= 11 is 0. The summed E-state index contributed by atoms with van der Waals surface area (Å²) in [6, 6.07) is 8.16. The lowest BCUT2D eigenvalue weighted by Crippen LogP contribution is -2.20. The summed E-state index contributed by atoms with van der Waals surface area (Å²) in [6.07, 6.45) is -1.73. The van der Waals surface area contributed by atoms with Gasteiger partial charge in [0.15, 0.2) is 0 Å². The molecule has 3 aromatic carbocycles. The number of hydrogen-bond donors (Lipinski definition) is 1. The van der Waals surface area contributed by atoms with Crippen molar-refractivity contribution in [3.05, 3.63) is 95.1 Å². The number of imidazole rings is 1. The maximum Gasteiger partial charge on any atom is 0.233 e. The van der Waals surface area contributed by atoms with Gasteiger partial charge in [-0.15, -0.1) is 0 Å². The van der Waals surface area contributed by atoms with Crippen LogP contribution in [-0.4, -0.2) is 20.4 Å². The van der Waals surface area contributed by atoms with Gasteiger partial charge in [0, 0.05) is 41.3 Å². The standard InChI is InChI=1S/C24H13F6N3O/c25-11-1-4-14(17(28)7-11)20-10-21(34)33-23(16-6-3-13(27)9-19(16)30)22(32-24(33)31-20)15-5-2-12(26)8-18(15)29/h1-9,21,34H,10H2. The van der Waals surface area contributed by atoms with Crippen LogP contribution >= 0.6 is 0 Å². The number of nitrogens with zero attached hydrogens (tertiary/aromatic N) is 3. The number of aliphatic hydroxyl groups is 1. The predicted molar refractivity (Wildman–Crippen MR) is 111 cm³/mol. The average Bonchev–Trinajstić information content (AvgIpc) is 3.13. The van der Waals surface area contributed by atoms with Crippen molar-refractivity contribution in [2.24, 2.45) is 4.99 Å². The molecule has 0 spiro atoms. The summed E-state index contributed by atoms with van der Waals surface area (Å²) in [7, 11) is 0. The number of aromatic nitrogens is 2. The molecule has 10 heteroatoms. The third kappa shape index (κ3) is 3.65. The zero-order valence-corrected chi connectivity index (χ0v) is 17.0. The highest BCUT2D eigenvalue weighted by molar-refractivity contribution is 6.03. The minimum absolute atomic E-state index is 0.0276. The molecule has 0 saturated carbocycles. The number of benzene rings is 3. The molecule has 0 radical (unpaired) electrons. The first kappa shape index (κ1) is 21.9. The largest absolute Gasteiger partial charge is 0.373 e. The lowest BCUT2D eigenvalue weighted by atomic mass is 10.0. The van der Waals surface area contributed by atoms with Crippen LogP contribution in [0.25, 0.3) is 22.5 Å². The van der Waals surface area contributed by atoms with Gasteiger partial charge in [0.05, 0.1) is 11.4 Å². The van der Waals surface area contributed by atoms with E-state index in [2.05, 4.69) is 9.98 Å². The number of halogens is 6. The Morgan fingerprint density at radius 3 is 1.74 bits per heavy atom. The van der Waals surface area contributed by atoms with Gasteiger partial charge >= 0.3 is 0 Å². The molecule has 1 aliphatic rings. The first-order valence-electron chi connectivity index (χ1n) is 9.97. The van der Waals surface area contributed by atoms with Crippen molar-refractivity contribution < 1.29 is 31.4 Å². The maximum absolute atomic E-state index is 14.8. The Kier molecular flexibility index (Phi) is 5.24. The Hall–Kier alpha value is -3.92. The molecule has 5 rings (SSSR count). The van der Waals surface area contributed by atoms with Crippen LogP contribution < -0.4 is 0 Å².